The second-order valence-electron chi connectivity index (χ2n) is 7.78. The number of methoxy groups -OCH3 is 1. The Balaban J connectivity index is 2.07. The minimum atomic E-state index is -0.548. The van der Waals surface area contributed by atoms with E-state index in [2.05, 4.69) is 36.5 Å². The van der Waals surface area contributed by atoms with Gasteiger partial charge in [0.25, 0.3) is 0 Å². The quantitative estimate of drug-likeness (QED) is 0.507. The first-order valence-electron chi connectivity index (χ1n) is 10.8. The van der Waals surface area contributed by atoms with E-state index < -0.39 is 6.04 Å². The summed E-state index contributed by atoms with van der Waals surface area (Å²) >= 11 is 1.66. The van der Waals surface area contributed by atoms with Gasteiger partial charge in [-0.25, -0.2) is 0 Å². The summed E-state index contributed by atoms with van der Waals surface area (Å²) in [6.07, 6.45) is 1.22. The number of aryl methyl sites for hydroxylation is 1. The Kier molecular flexibility index (Phi) is 9.92. The third-order valence-electron chi connectivity index (χ3n) is 5.29. The third-order valence-corrected chi connectivity index (χ3v) is 6.30. The molecule has 0 spiro atoms. The summed E-state index contributed by atoms with van der Waals surface area (Å²) in [6.45, 7) is 8.23. The molecule has 0 heterocycles. The molecule has 31 heavy (non-hydrogen) atoms. The van der Waals surface area contributed by atoms with E-state index in [0.29, 0.717) is 18.7 Å². The molecule has 168 valence electrons. The van der Waals surface area contributed by atoms with E-state index >= 15 is 0 Å². The van der Waals surface area contributed by atoms with Gasteiger partial charge in [0, 0.05) is 29.7 Å². The number of hydrogen-bond acceptors (Lipinski definition) is 4. The number of carbonyl (C=O) groups is 2. The van der Waals surface area contributed by atoms with Crippen molar-refractivity contribution in [3.05, 3.63) is 59.7 Å². The molecule has 0 fully saturated rings. The van der Waals surface area contributed by atoms with Crippen LogP contribution in [0.3, 0.4) is 0 Å². The number of thioether (sulfide) groups is 1. The molecule has 0 saturated heterocycles. The van der Waals surface area contributed by atoms with Crippen LogP contribution in [0.4, 0.5) is 0 Å². The number of nitrogens with one attached hydrogen (secondary N) is 1. The first-order valence-corrected chi connectivity index (χ1v) is 11.7. The number of amides is 2. The van der Waals surface area contributed by atoms with Crippen LogP contribution in [0, 0.1) is 6.92 Å². The lowest BCUT2D eigenvalue weighted by atomic mass is 10.1. The van der Waals surface area contributed by atoms with Crippen LogP contribution in [0.2, 0.25) is 0 Å². The zero-order valence-electron chi connectivity index (χ0n) is 19.2. The maximum absolute atomic E-state index is 13.1. The number of carbonyl (C=O) groups excluding carboxylic acids is 2. The molecule has 0 aliphatic carbocycles. The Morgan fingerprint density at radius 2 is 1.71 bits per heavy atom. The van der Waals surface area contributed by atoms with E-state index in [1.807, 2.05) is 38.1 Å². The summed E-state index contributed by atoms with van der Waals surface area (Å²) in [6, 6.07) is 15.4. The topological polar surface area (TPSA) is 58.6 Å². The summed E-state index contributed by atoms with van der Waals surface area (Å²) in [5.74, 6) is 1.28. The number of benzene rings is 2. The highest BCUT2D eigenvalue weighted by atomic mass is 32.2. The summed E-state index contributed by atoms with van der Waals surface area (Å²) in [4.78, 5) is 28.7. The van der Waals surface area contributed by atoms with Gasteiger partial charge in [0.1, 0.15) is 11.8 Å². The maximum Gasteiger partial charge on any atom is 0.242 e. The van der Waals surface area contributed by atoms with E-state index in [1.165, 1.54) is 5.56 Å². The van der Waals surface area contributed by atoms with Gasteiger partial charge < -0.3 is 15.0 Å². The lowest BCUT2D eigenvalue weighted by Crippen LogP contribution is -2.49. The highest BCUT2D eigenvalue weighted by Crippen LogP contribution is 2.21. The average molecular weight is 443 g/mol. The minimum Gasteiger partial charge on any atom is -0.497 e. The van der Waals surface area contributed by atoms with E-state index in [9.17, 15) is 9.59 Å². The Morgan fingerprint density at radius 3 is 2.29 bits per heavy atom. The predicted molar refractivity (Wildman–Crippen MR) is 127 cm³/mol. The molecule has 2 atom stereocenters. The molecule has 0 unspecified atom stereocenters. The molecule has 2 rings (SSSR count). The van der Waals surface area contributed by atoms with Crippen LogP contribution >= 0.6 is 11.8 Å². The summed E-state index contributed by atoms with van der Waals surface area (Å²) in [7, 11) is 1.62. The SMILES string of the molecule is CC[C@@H](C)NC(=O)[C@H](C)N(Cc1ccc(OC)cc1)C(=O)CCSc1ccc(C)cc1. The van der Waals surface area contributed by atoms with Crippen molar-refractivity contribution in [2.45, 2.75) is 64.1 Å². The number of ether oxygens (including phenoxy) is 1. The average Bonchev–Trinajstić information content (AvgIpc) is 2.78. The Bertz CT molecular complexity index is 837. The van der Waals surface area contributed by atoms with E-state index in [1.54, 1.807) is 30.7 Å². The van der Waals surface area contributed by atoms with Gasteiger partial charge in [0.05, 0.1) is 7.11 Å². The molecule has 1 N–H and O–H groups in total. The van der Waals surface area contributed by atoms with E-state index in [4.69, 9.17) is 4.74 Å². The van der Waals surface area contributed by atoms with Gasteiger partial charge in [0.15, 0.2) is 0 Å². The van der Waals surface area contributed by atoms with Crippen molar-refractivity contribution < 1.29 is 14.3 Å². The number of hydrogen-bond donors (Lipinski definition) is 1. The molecule has 0 radical (unpaired) electrons. The van der Waals surface area contributed by atoms with Crippen molar-refractivity contribution in [2.75, 3.05) is 12.9 Å². The largest absolute Gasteiger partial charge is 0.497 e. The van der Waals surface area contributed by atoms with Crippen LogP contribution < -0.4 is 10.1 Å². The zero-order chi connectivity index (χ0) is 22.8. The fourth-order valence-corrected chi connectivity index (χ4v) is 3.85. The van der Waals surface area contributed by atoms with Gasteiger partial charge >= 0.3 is 0 Å². The van der Waals surface area contributed by atoms with Crippen molar-refractivity contribution in [1.29, 1.82) is 0 Å². The zero-order valence-corrected chi connectivity index (χ0v) is 20.0. The van der Waals surface area contributed by atoms with Crippen molar-refractivity contribution in [3.8, 4) is 5.75 Å². The van der Waals surface area contributed by atoms with Crippen molar-refractivity contribution in [3.63, 3.8) is 0 Å². The molecule has 0 aliphatic rings. The standard InChI is InChI=1S/C25H34N2O3S/c1-6-19(3)26-25(29)20(4)27(17-21-9-11-22(30-5)12-10-21)24(28)15-16-31-23-13-7-18(2)8-14-23/h7-14,19-20H,6,15-17H2,1-5H3,(H,26,29)/t19-,20+/m1/s1. The lowest BCUT2D eigenvalue weighted by Gasteiger charge is -2.29. The Hall–Kier alpha value is -2.47. The fraction of sp³-hybridized carbons (Fsp3) is 0.440. The number of rotatable bonds is 11. The van der Waals surface area contributed by atoms with Gasteiger partial charge in [-0.1, -0.05) is 36.8 Å². The van der Waals surface area contributed by atoms with Gasteiger partial charge in [-0.15, -0.1) is 11.8 Å². The Morgan fingerprint density at radius 1 is 1.06 bits per heavy atom. The molecule has 0 aromatic heterocycles. The van der Waals surface area contributed by atoms with E-state index in [0.717, 1.165) is 22.6 Å². The van der Waals surface area contributed by atoms with Gasteiger partial charge in [-0.2, -0.15) is 0 Å². The van der Waals surface area contributed by atoms with E-state index in [-0.39, 0.29) is 17.9 Å². The smallest absolute Gasteiger partial charge is 0.242 e. The van der Waals surface area contributed by atoms with Gasteiger partial charge in [-0.05, 0) is 57.0 Å². The molecule has 5 nitrogen and oxygen atoms in total. The molecule has 0 aliphatic heterocycles. The van der Waals surface area contributed by atoms with Crippen LogP contribution in [-0.4, -0.2) is 41.7 Å². The molecule has 2 aromatic rings. The van der Waals surface area contributed by atoms with Crippen LogP contribution in [0.5, 0.6) is 5.75 Å². The van der Waals surface area contributed by atoms with Crippen LogP contribution in [-0.2, 0) is 16.1 Å². The van der Waals surface area contributed by atoms with Gasteiger partial charge in [0.2, 0.25) is 11.8 Å². The van der Waals surface area contributed by atoms with Crippen LogP contribution in [0.15, 0.2) is 53.4 Å². The third kappa shape index (κ3) is 7.94. The van der Waals surface area contributed by atoms with Crippen LogP contribution in [0.1, 0.15) is 44.7 Å². The second-order valence-corrected chi connectivity index (χ2v) is 8.94. The molecule has 2 aromatic carbocycles. The highest BCUT2D eigenvalue weighted by molar-refractivity contribution is 7.99. The first-order chi connectivity index (χ1) is 14.8. The fourth-order valence-electron chi connectivity index (χ4n) is 3.01. The van der Waals surface area contributed by atoms with Crippen molar-refractivity contribution >= 4 is 23.6 Å². The normalized spacial score (nSPS) is 12.7. The molecule has 2 amide bonds. The van der Waals surface area contributed by atoms with Crippen molar-refractivity contribution in [1.82, 2.24) is 10.2 Å². The lowest BCUT2D eigenvalue weighted by molar-refractivity contribution is -0.140. The Labute approximate surface area is 190 Å². The maximum atomic E-state index is 13.1. The van der Waals surface area contributed by atoms with Gasteiger partial charge in [-0.3, -0.25) is 9.59 Å². The molecular formula is C25H34N2O3S. The summed E-state index contributed by atoms with van der Waals surface area (Å²) in [5, 5.41) is 3.00. The molecule has 0 bridgehead atoms. The van der Waals surface area contributed by atoms with Crippen LogP contribution in [0.25, 0.3) is 0 Å². The van der Waals surface area contributed by atoms with Crippen molar-refractivity contribution in [2.24, 2.45) is 0 Å². The number of nitrogens with zero attached hydrogens (tertiary/aromatic N) is 1. The summed E-state index contributed by atoms with van der Waals surface area (Å²) < 4.78 is 5.22. The summed E-state index contributed by atoms with van der Waals surface area (Å²) in [5.41, 5.74) is 2.18. The molecule has 0 saturated carbocycles. The first kappa shape index (κ1) is 24.8. The minimum absolute atomic E-state index is 0.0257. The predicted octanol–water partition coefficient (Wildman–Crippen LogP) is 4.82. The molecular weight excluding hydrogens is 408 g/mol. The second kappa shape index (κ2) is 12.4. The highest BCUT2D eigenvalue weighted by Gasteiger charge is 2.26. The monoisotopic (exact) mass is 442 g/mol. The molecule has 6 heteroatoms.